The smallest absolute Gasteiger partial charge is 0.170 e. The van der Waals surface area contributed by atoms with E-state index in [-0.39, 0.29) is 6.10 Å². The summed E-state index contributed by atoms with van der Waals surface area (Å²) in [6.07, 6.45) is 2.17. The molecule has 0 bridgehead atoms. The number of epoxide rings is 1. The highest BCUT2D eigenvalue weighted by Crippen LogP contribution is 2.42. The van der Waals surface area contributed by atoms with Gasteiger partial charge < -0.3 is 18.7 Å². The lowest BCUT2D eigenvalue weighted by Crippen LogP contribution is -2.04. The van der Waals surface area contributed by atoms with Crippen LogP contribution >= 0.6 is 0 Å². The van der Waals surface area contributed by atoms with Crippen LogP contribution in [-0.2, 0) is 17.6 Å². The van der Waals surface area contributed by atoms with E-state index >= 15 is 0 Å². The summed E-state index contributed by atoms with van der Waals surface area (Å²) in [6.45, 7) is 5.95. The van der Waals surface area contributed by atoms with Crippen LogP contribution in [-0.4, -0.2) is 25.0 Å². The number of benzene rings is 2. The van der Waals surface area contributed by atoms with Gasteiger partial charge in [0.05, 0.1) is 19.8 Å². The maximum atomic E-state index is 5.81. The first-order valence-electron chi connectivity index (χ1n) is 9.91. The Hall–Kier alpha value is -2.79. The number of nitrogens with zero attached hydrogens (tertiary/aromatic N) is 1. The highest BCUT2D eigenvalue weighted by molar-refractivity contribution is 5.77. The lowest BCUT2D eigenvalue weighted by Gasteiger charge is -2.16. The molecule has 0 spiro atoms. The first kappa shape index (κ1) is 17.3. The molecule has 28 heavy (non-hydrogen) atoms. The van der Waals surface area contributed by atoms with Crippen LogP contribution in [0.4, 0.5) is 0 Å². The van der Waals surface area contributed by atoms with Crippen LogP contribution in [0.25, 0.3) is 22.6 Å². The highest BCUT2D eigenvalue weighted by Gasteiger charge is 2.29. The first-order valence-corrected chi connectivity index (χ1v) is 9.91. The maximum absolute atomic E-state index is 5.81. The van der Waals surface area contributed by atoms with Gasteiger partial charge in [-0.1, -0.05) is 23.4 Å². The van der Waals surface area contributed by atoms with Crippen molar-refractivity contribution in [3.63, 3.8) is 0 Å². The summed E-state index contributed by atoms with van der Waals surface area (Å²) in [5.41, 5.74) is 6.82. The second kappa shape index (κ2) is 6.99. The minimum Gasteiger partial charge on any atom is -0.490 e. The van der Waals surface area contributed by atoms with Gasteiger partial charge in [0.2, 0.25) is 0 Å². The molecular formula is C23H23NO4. The Morgan fingerprint density at radius 2 is 1.82 bits per heavy atom. The number of fused-ring (bicyclic) bond motifs is 3. The van der Waals surface area contributed by atoms with Crippen LogP contribution < -0.4 is 9.47 Å². The molecule has 1 aliphatic carbocycles. The van der Waals surface area contributed by atoms with Crippen LogP contribution in [0.5, 0.6) is 11.5 Å². The molecule has 0 N–H and O–H groups in total. The standard InChI is InChI=1S/C23H23NO4/c1-3-25-19-10-7-16(12-20(19)26-4-2)23-18-9-5-14-11-15(21-13-27-21)6-8-17(14)22(18)24-28-23/h6-8,10-12,21H,3-5,9,13H2,1-2H3. The molecule has 0 amide bonds. The van der Waals surface area contributed by atoms with E-state index in [1.54, 1.807) is 0 Å². The lowest BCUT2D eigenvalue weighted by atomic mass is 9.87. The van der Waals surface area contributed by atoms with Crippen molar-refractivity contribution in [2.24, 2.45) is 0 Å². The zero-order chi connectivity index (χ0) is 19.1. The van der Waals surface area contributed by atoms with Gasteiger partial charge in [-0.15, -0.1) is 0 Å². The highest BCUT2D eigenvalue weighted by atomic mass is 16.6. The van der Waals surface area contributed by atoms with Crippen molar-refractivity contribution < 1.29 is 18.7 Å². The van der Waals surface area contributed by atoms with E-state index in [1.807, 2.05) is 32.0 Å². The predicted octanol–water partition coefficient (Wildman–Crippen LogP) is 4.98. The molecule has 1 aromatic heterocycles. The molecule has 1 aliphatic heterocycles. The fraction of sp³-hybridized carbons (Fsp3) is 0.348. The molecule has 0 radical (unpaired) electrons. The Balaban J connectivity index is 1.53. The molecule has 5 nitrogen and oxygen atoms in total. The Bertz CT molecular complexity index is 1020. The zero-order valence-corrected chi connectivity index (χ0v) is 16.2. The van der Waals surface area contributed by atoms with Crippen molar-refractivity contribution in [2.45, 2.75) is 32.8 Å². The third-order valence-electron chi connectivity index (χ3n) is 5.33. The van der Waals surface area contributed by atoms with Gasteiger partial charge in [0.25, 0.3) is 0 Å². The Kier molecular flexibility index (Phi) is 4.32. The van der Waals surface area contributed by atoms with Crippen molar-refractivity contribution in [3.8, 4) is 34.1 Å². The van der Waals surface area contributed by atoms with E-state index in [9.17, 15) is 0 Å². The van der Waals surface area contributed by atoms with Gasteiger partial charge in [-0.2, -0.15) is 0 Å². The van der Waals surface area contributed by atoms with E-state index < -0.39 is 0 Å². The van der Waals surface area contributed by atoms with Crippen LogP contribution in [0.2, 0.25) is 0 Å². The molecule has 0 saturated carbocycles. The Labute approximate surface area is 164 Å². The number of ether oxygens (including phenoxy) is 3. The molecule has 2 heterocycles. The number of hydrogen-bond donors (Lipinski definition) is 0. The van der Waals surface area contributed by atoms with Crippen LogP contribution in [0, 0.1) is 0 Å². The Morgan fingerprint density at radius 1 is 1.00 bits per heavy atom. The molecule has 3 aromatic rings. The van der Waals surface area contributed by atoms with Gasteiger partial charge in [-0.05, 0) is 56.0 Å². The van der Waals surface area contributed by atoms with E-state index in [0.717, 1.165) is 59.1 Å². The van der Waals surface area contributed by atoms with E-state index in [2.05, 4.69) is 23.4 Å². The van der Waals surface area contributed by atoms with Crippen molar-refractivity contribution in [1.29, 1.82) is 0 Å². The minimum atomic E-state index is 0.278. The first-order chi connectivity index (χ1) is 13.8. The summed E-state index contributed by atoms with van der Waals surface area (Å²) in [4.78, 5) is 0. The van der Waals surface area contributed by atoms with Crippen LogP contribution in [0.15, 0.2) is 40.9 Å². The van der Waals surface area contributed by atoms with Gasteiger partial charge in [-0.25, -0.2) is 0 Å². The molecule has 2 aromatic carbocycles. The van der Waals surface area contributed by atoms with E-state index in [0.29, 0.717) is 13.2 Å². The Morgan fingerprint density at radius 3 is 2.61 bits per heavy atom. The third kappa shape index (κ3) is 2.96. The molecule has 1 unspecified atom stereocenters. The second-order valence-electron chi connectivity index (χ2n) is 7.10. The quantitative estimate of drug-likeness (QED) is 0.567. The topological polar surface area (TPSA) is 57.0 Å². The number of aromatic nitrogens is 1. The SMILES string of the molecule is CCOc1ccc(-c2onc3c2CCc2cc(C4CO4)ccc2-3)cc1OCC. The molecule has 1 atom stereocenters. The van der Waals surface area contributed by atoms with E-state index in [1.165, 1.54) is 11.1 Å². The average molecular weight is 377 g/mol. The maximum Gasteiger partial charge on any atom is 0.170 e. The van der Waals surface area contributed by atoms with Gasteiger partial charge >= 0.3 is 0 Å². The summed E-state index contributed by atoms with van der Waals surface area (Å²) < 4.78 is 22.7. The number of aryl methyl sites for hydroxylation is 1. The van der Waals surface area contributed by atoms with Gasteiger partial charge in [0.15, 0.2) is 17.3 Å². The molecule has 144 valence electrons. The minimum absolute atomic E-state index is 0.278. The monoisotopic (exact) mass is 377 g/mol. The zero-order valence-electron chi connectivity index (χ0n) is 16.2. The summed E-state index contributed by atoms with van der Waals surface area (Å²) >= 11 is 0. The summed E-state index contributed by atoms with van der Waals surface area (Å²) in [6, 6.07) is 12.5. The van der Waals surface area contributed by atoms with Crippen molar-refractivity contribution in [2.75, 3.05) is 19.8 Å². The predicted molar refractivity (Wildman–Crippen MR) is 106 cm³/mol. The molecule has 5 heteroatoms. The summed E-state index contributed by atoms with van der Waals surface area (Å²) in [5.74, 6) is 2.30. The van der Waals surface area contributed by atoms with Gasteiger partial charge in [0, 0.05) is 16.7 Å². The van der Waals surface area contributed by atoms with Crippen LogP contribution in [0.3, 0.4) is 0 Å². The molecule has 1 saturated heterocycles. The summed E-state index contributed by atoms with van der Waals surface area (Å²) in [7, 11) is 0. The lowest BCUT2D eigenvalue weighted by molar-refractivity contribution is 0.288. The van der Waals surface area contributed by atoms with Crippen molar-refractivity contribution >= 4 is 0 Å². The van der Waals surface area contributed by atoms with Crippen molar-refractivity contribution in [3.05, 3.63) is 53.1 Å². The molecule has 2 aliphatic rings. The third-order valence-corrected chi connectivity index (χ3v) is 5.33. The van der Waals surface area contributed by atoms with E-state index in [4.69, 9.17) is 18.7 Å². The molecule has 5 rings (SSSR count). The van der Waals surface area contributed by atoms with Crippen molar-refractivity contribution in [1.82, 2.24) is 5.16 Å². The summed E-state index contributed by atoms with van der Waals surface area (Å²) in [5, 5.41) is 4.42. The average Bonchev–Trinajstić information content (AvgIpc) is 3.48. The number of hydrogen-bond acceptors (Lipinski definition) is 5. The molecular weight excluding hydrogens is 354 g/mol. The normalized spacial score (nSPS) is 17.0. The van der Waals surface area contributed by atoms with Gasteiger partial charge in [0.1, 0.15) is 11.8 Å². The largest absolute Gasteiger partial charge is 0.490 e. The number of rotatable bonds is 6. The fourth-order valence-electron chi connectivity index (χ4n) is 3.92. The van der Waals surface area contributed by atoms with Crippen LogP contribution in [0.1, 0.15) is 36.6 Å². The fourth-order valence-corrected chi connectivity index (χ4v) is 3.92. The molecule has 1 fully saturated rings. The second-order valence-corrected chi connectivity index (χ2v) is 7.10. The van der Waals surface area contributed by atoms with Gasteiger partial charge in [-0.3, -0.25) is 0 Å².